The number of fused-ring (bicyclic) bond motifs is 2. The summed E-state index contributed by atoms with van der Waals surface area (Å²) in [6, 6.07) is 16.2. The van der Waals surface area contributed by atoms with Crippen LogP contribution < -0.4 is 5.32 Å². The van der Waals surface area contributed by atoms with Crippen molar-refractivity contribution >= 4 is 33.3 Å². The summed E-state index contributed by atoms with van der Waals surface area (Å²) in [5, 5.41) is 12.6. The van der Waals surface area contributed by atoms with Crippen LogP contribution in [-0.2, 0) is 0 Å². The molecule has 0 saturated heterocycles. The lowest BCUT2D eigenvalue weighted by Gasteiger charge is -2.07. The fourth-order valence-corrected chi connectivity index (χ4v) is 3.15. The molecule has 6 nitrogen and oxygen atoms in total. The third-order valence-electron chi connectivity index (χ3n) is 4.38. The van der Waals surface area contributed by atoms with Gasteiger partial charge in [0.15, 0.2) is 5.82 Å². The summed E-state index contributed by atoms with van der Waals surface area (Å²) in [5.41, 5.74) is 5.18. The molecule has 26 heavy (non-hydrogen) atoms. The van der Waals surface area contributed by atoms with Gasteiger partial charge >= 0.3 is 0 Å². The second kappa shape index (κ2) is 5.70. The predicted molar refractivity (Wildman–Crippen MR) is 103 cm³/mol. The van der Waals surface area contributed by atoms with E-state index in [1.807, 2.05) is 30.3 Å². The van der Waals surface area contributed by atoms with E-state index in [-0.39, 0.29) is 0 Å². The molecule has 2 aromatic carbocycles. The minimum atomic E-state index is 0.688. The predicted octanol–water partition coefficient (Wildman–Crippen LogP) is 4.55. The van der Waals surface area contributed by atoms with Crippen LogP contribution in [0.2, 0.25) is 0 Å². The van der Waals surface area contributed by atoms with E-state index in [2.05, 4.69) is 55.6 Å². The molecule has 0 aliphatic carbocycles. The molecular formula is C20H16N6. The van der Waals surface area contributed by atoms with Crippen LogP contribution in [-0.4, -0.2) is 25.1 Å². The molecular weight excluding hydrogens is 324 g/mol. The monoisotopic (exact) mass is 340 g/mol. The van der Waals surface area contributed by atoms with Gasteiger partial charge in [-0.3, -0.25) is 5.10 Å². The van der Waals surface area contributed by atoms with Gasteiger partial charge in [-0.25, -0.2) is 9.97 Å². The molecule has 0 saturated carbocycles. The number of anilines is 2. The molecule has 6 heteroatoms. The standard InChI is InChI=1S/C20H16N6/c1-12-8-13-2-3-14(10-18(13)23-12)20-21-7-6-19(25-20)24-16-4-5-17-15(9-16)11-22-26-17/h2-11,23H,1H3,(H,22,26)(H,21,24,25). The van der Waals surface area contributed by atoms with Gasteiger partial charge in [-0.2, -0.15) is 5.10 Å². The zero-order chi connectivity index (χ0) is 17.5. The topological polar surface area (TPSA) is 82.3 Å². The minimum absolute atomic E-state index is 0.688. The quantitative estimate of drug-likeness (QED) is 0.450. The van der Waals surface area contributed by atoms with Crippen LogP contribution >= 0.6 is 0 Å². The third-order valence-corrected chi connectivity index (χ3v) is 4.38. The van der Waals surface area contributed by atoms with E-state index < -0.39 is 0 Å². The van der Waals surface area contributed by atoms with Crippen molar-refractivity contribution in [3.63, 3.8) is 0 Å². The fourth-order valence-electron chi connectivity index (χ4n) is 3.15. The highest BCUT2D eigenvalue weighted by Gasteiger charge is 2.06. The van der Waals surface area contributed by atoms with E-state index in [0.29, 0.717) is 5.82 Å². The van der Waals surface area contributed by atoms with Crippen LogP contribution in [0.4, 0.5) is 11.5 Å². The maximum Gasteiger partial charge on any atom is 0.161 e. The van der Waals surface area contributed by atoms with Crippen molar-refractivity contribution in [3.05, 3.63) is 66.6 Å². The highest BCUT2D eigenvalue weighted by molar-refractivity contribution is 5.85. The number of benzene rings is 2. The Kier molecular flexibility index (Phi) is 3.21. The van der Waals surface area contributed by atoms with Crippen LogP contribution in [0.1, 0.15) is 5.69 Å². The second-order valence-corrected chi connectivity index (χ2v) is 6.32. The number of nitrogens with zero attached hydrogens (tertiary/aromatic N) is 3. The molecule has 5 aromatic rings. The number of aromatic nitrogens is 5. The van der Waals surface area contributed by atoms with E-state index in [0.717, 1.165) is 39.2 Å². The highest BCUT2D eigenvalue weighted by atomic mass is 15.1. The summed E-state index contributed by atoms with van der Waals surface area (Å²) in [4.78, 5) is 12.4. The van der Waals surface area contributed by atoms with Crippen molar-refractivity contribution in [2.24, 2.45) is 0 Å². The molecule has 3 aromatic heterocycles. The number of nitrogens with one attached hydrogen (secondary N) is 3. The Bertz CT molecular complexity index is 1230. The van der Waals surface area contributed by atoms with Gasteiger partial charge in [-0.05, 0) is 48.7 Å². The van der Waals surface area contributed by atoms with Crippen LogP contribution in [0.15, 0.2) is 60.9 Å². The van der Waals surface area contributed by atoms with Gasteiger partial charge in [0.2, 0.25) is 0 Å². The molecule has 5 rings (SSSR count). The first-order chi connectivity index (χ1) is 12.7. The fraction of sp³-hybridized carbons (Fsp3) is 0.0500. The van der Waals surface area contributed by atoms with Crippen molar-refractivity contribution in [3.8, 4) is 11.4 Å². The number of aryl methyl sites for hydroxylation is 1. The first-order valence-corrected chi connectivity index (χ1v) is 8.37. The van der Waals surface area contributed by atoms with Crippen LogP contribution in [0.3, 0.4) is 0 Å². The molecule has 0 unspecified atom stereocenters. The Morgan fingerprint density at radius 2 is 1.88 bits per heavy atom. The number of rotatable bonds is 3. The van der Waals surface area contributed by atoms with E-state index in [9.17, 15) is 0 Å². The Morgan fingerprint density at radius 1 is 0.923 bits per heavy atom. The van der Waals surface area contributed by atoms with Crippen LogP contribution in [0, 0.1) is 6.92 Å². The number of H-pyrrole nitrogens is 2. The van der Waals surface area contributed by atoms with E-state index in [4.69, 9.17) is 0 Å². The van der Waals surface area contributed by atoms with Gasteiger partial charge in [-0.1, -0.05) is 12.1 Å². The van der Waals surface area contributed by atoms with Gasteiger partial charge in [0.25, 0.3) is 0 Å². The van der Waals surface area contributed by atoms with Crippen molar-refractivity contribution < 1.29 is 0 Å². The van der Waals surface area contributed by atoms with Crippen molar-refractivity contribution in [1.82, 2.24) is 25.1 Å². The number of aromatic amines is 2. The molecule has 0 amide bonds. The summed E-state index contributed by atoms with van der Waals surface area (Å²) in [7, 11) is 0. The molecule has 0 atom stereocenters. The lowest BCUT2D eigenvalue weighted by atomic mass is 10.1. The maximum atomic E-state index is 4.66. The molecule has 0 radical (unpaired) electrons. The van der Waals surface area contributed by atoms with Gasteiger partial charge < -0.3 is 10.3 Å². The van der Waals surface area contributed by atoms with Crippen molar-refractivity contribution in [2.75, 3.05) is 5.32 Å². The average molecular weight is 340 g/mol. The normalized spacial score (nSPS) is 11.3. The van der Waals surface area contributed by atoms with Gasteiger partial charge in [0.1, 0.15) is 5.82 Å². The number of hydrogen-bond acceptors (Lipinski definition) is 4. The molecule has 0 aliphatic rings. The lowest BCUT2D eigenvalue weighted by Crippen LogP contribution is -1.96. The first kappa shape index (κ1) is 14.7. The molecule has 0 bridgehead atoms. The Balaban J connectivity index is 1.48. The average Bonchev–Trinajstić information content (AvgIpc) is 3.26. The SMILES string of the molecule is Cc1cc2ccc(-c3nccc(Nc4ccc5[nH]ncc5c4)n3)cc2[nH]1. The second-order valence-electron chi connectivity index (χ2n) is 6.32. The smallest absolute Gasteiger partial charge is 0.161 e. The summed E-state index contributed by atoms with van der Waals surface area (Å²) < 4.78 is 0. The molecule has 3 N–H and O–H groups in total. The van der Waals surface area contributed by atoms with Crippen molar-refractivity contribution in [2.45, 2.75) is 6.92 Å². The molecule has 3 heterocycles. The van der Waals surface area contributed by atoms with E-state index in [1.54, 1.807) is 12.4 Å². The van der Waals surface area contributed by atoms with Gasteiger partial charge in [-0.15, -0.1) is 0 Å². The third kappa shape index (κ3) is 2.57. The van der Waals surface area contributed by atoms with Crippen molar-refractivity contribution in [1.29, 1.82) is 0 Å². The van der Waals surface area contributed by atoms with Crippen LogP contribution in [0.25, 0.3) is 33.2 Å². The largest absolute Gasteiger partial charge is 0.359 e. The zero-order valence-corrected chi connectivity index (χ0v) is 14.1. The Morgan fingerprint density at radius 3 is 2.85 bits per heavy atom. The summed E-state index contributed by atoms with van der Waals surface area (Å²) in [6.45, 7) is 2.05. The lowest BCUT2D eigenvalue weighted by molar-refractivity contribution is 1.12. The zero-order valence-electron chi connectivity index (χ0n) is 14.1. The van der Waals surface area contributed by atoms with Gasteiger partial charge in [0.05, 0.1) is 11.7 Å². The van der Waals surface area contributed by atoms with E-state index >= 15 is 0 Å². The Hall–Kier alpha value is -3.67. The minimum Gasteiger partial charge on any atom is -0.359 e. The maximum absolute atomic E-state index is 4.66. The first-order valence-electron chi connectivity index (χ1n) is 8.37. The molecule has 0 spiro atoms. The summed E-state index contributed by atoms with van der Waals surface area (Å²) in [5.74, 6) is 1.44. The Labute approximate surface area is 149 Å². The molecule has 126 valence electrons. The van der Waals surface area contributed by atoms with E-state index in [1.165, 1.54) is 5.39 Å². The van der Waals surface area contributed by atoms with Crippen LogP contribution in [0.5, 0.6) is 0 Å². The summed E-state index contributed by atoms with van der Waals surface area (Å²) in [6.07, 6.45) is 3.57. The number of hydrogen-bond donors (Lipinski definition) is 3. The highest BCUT2D eigenvalue weighted by Crippen LogP contribution is 2.24. The van der Waals surface area contributed by atoms with Gasteiger partial charge in [0, 0.05) is 34.0 Å². The molecule has 0 fully saturated rings. The molecule has 0 aliphatic heterocycles. The summed E-state index contributed by atoms with van der Waals surface area (Å²) >= 11 is 0.